The summed E-state index contributed by atoms with van der Waals surface area (Å²) in [4.78, 5) is 24.0. The number of thiophene rings is 1. The molecule has 0 aliphatic carbocycles. The summed E-state index contributed by atoms with van der Waals surface area (Å²) in [6, 6.07) is 5.16. The minimum atomic E-state index is -1.15. The normalized spacial score (nSPS) is 11.8. The van der Waals surface area contributed by atoms with Crippen molar-refractivity contribution in [1.29, 1.82) is 5.26 Å². The van der Waals surface area contributed by atoms with Gasteiger partial charge in [0.2, 0.25) is 0 Å². The van der Waals surface area contributed by atoms with Gasteiger partial charge in [-0.05, 0) is 26.0 Å². The summed E-state index contributed by atoms with van der Waals surface area (Å²) < 4.78 is 0. The third kappa shape index (κ3) is 2.06. The highest BCUT2D eigenvalue weighted by Crippen LogP contribution is 2.19. The Balaban J connectivity index is 2.96. The van der Waals surface area contributed by atoms with Gasteiger partial charge in [-0.15, -0.1) is 11.3 Å². The Morgan fingerprint density at radius 1 is 1.50 bits per heavy atom. The highest BCUT2D eigenvalue weighted by Gasteiger charge is 2.24. The minimum Gasteiger partial charge on any atom is -0.298 e. The number of nitriles is 1. The largest absolute Gasteiger partial charge is 0.298 e. The lowest BCUT2D eigenvalue weighted by molar-refractivity contribution is -0.118. The van der Waals surface area contributed by atoms with Gasteiger partial charge in [-0.2, -0.15) is 5.26 Å². The van der Waals surface area contributed by atoms with E-state index < -0.39 is 17.5 Å². The number of ketones is 2. The first-order valence-electron chi connectivity index (χ1n) is 4.07. The average molecular weight is 207 g/mol. The summed E-state index contributed by atoms with van der Waals surface area (Å²) in [5, 5.41) is 8.65. The van der Waals surface area contributed by atoms with Gasteiger partial charge < -0.3 is 0 Å². The molecule has 1 aromatic rings. The molecular formula is C10H9NO2S. The lowest BCUT2D eigenvalue weighted by Crippen LogP contribution is -2.19. The molecule has 4 heteroatoms. The number of rotatable bonds is 3. The van der Waals surface area contributed by atoms with Crippen molar-refractivity contribution in [3.05, 3.63) is 21.9 Å². The van der Waals surface area contributed by atoms with Crippen molar-refractivity contribution in [3.8, 4) is 6.07 Å². The van der Waals surface area contributed by atoms with Gasteiger partial charge in [0.25, 0.3) is 0 Å². The molecule has 0 aromatic carbocycles. The molecule has 0 aliphatic heterocycles. The number of nitrogens with zero attached hydrogens (tertiary/aromatic N) is 1. The van der Waals surface area contributed by atoms with E-state index in [1.54, 1.807) is 18.2 Å². The van der Waals surface area contributed by atoms with Crippen molar-refractivity contribution < 1.29 is 9.59 Å². The van der Waals surface area contributed by atoms with Crippen molar-refractivity contribution in [2.75, 3.05) is 0 Å². The maximum atomic E-state index is 11.6. The van der Waals surface area contributed by atoms with Crippen molar-refractivity contribution >= 4 is 22.9 Å². The Labute approximate surface area is 86.0 Å². The lowest BCUT2D eigenvalue weighted by Gasteiger charge is -2.00. The summed E-state index contributed by atoms with van der Waals surface area (Å²) in [7, 11) is 0. The molecule has 72 valence electrons. The van der Waals surface area contributed by atoms with Crippen LogP contribution >= 0.6 is 11.3 Å². The summed E-state index contributed by atoms with van der Waals surface area (Å²) >= 11 is 1.30. The standard InChI is InChI=1S/C10H9NO2S/c1-6-3-4-9(14-6)10(13)8(5-11)7(2)12/h3-4,8H,1-2H3. The molecule has 1 heterocycles. The fraction of sp³-hybridized carbons (Fsp3) is 0.300. The fourth-order valence-corrected chi connectivity index (χ4v) is 1.88. The Kier molecular flexibility index (Phi) is 3.15. The van der Waals surface area contributed by atoms with E-state index in [4.69, 9.17) is 5.26 Å². The van der Waals surface area contributed by atoms with E-state index in [-0.39, 0.29) is 0 Å². The third-order valence-electron chi connectivity index (χ3n) is 1.78. The lowest BCUT2D eigenvalue weighted by atomic mass is 10.0. The van der Waals surface area contributed by atoms with Gasteiger partial charge in [0.05, 0.1) is 10.9 Å². The highest BCUT2D eigenvalue weighted by molar-refractivity contribution is 7.14. The second kappa shape index (κ2) is 4.16. The molecule has 1 atom stereocenters. The Bertz CT molecular complexity index is 414. The summed E-state index contributed by atoms with van der Waals surface area (Å²) in [5.41, 5.74) is 0. The minimum absolute atomic E-state index is 0.391. The SMILES string of the molecule is CC(=O)C(C#N)C(=O)c1ccc(C)s1. The molecule has 1 unspecified atom stereocenters. The van der Waals surface area contributed by atoms with Gasteiger partial charge >= 0.3 is 0 Å². The molecule has 0 spiro atoms. The monoisotopic (exact) mass is 207 g/mol. The van der Waals surface area contributed by atoms with E-state index in [0.29, 0.717) is 4.88 Å². The van der Waals surface area contributed by atoms with Crippen molar-refractivity contribution in [1.82, 2.24) is 0 Å². The summed E-state index contributed by atoms with van der Waals surface area (Å²) in [6.07, 6.45) is 0. The number of hydrogen-bond acceptors (Lipinski definition) is 4. The molecule has 14 heavy (non-hydrogen) atoms. The number of aryl methyl sites for hydroxylation is 1. The molecule has 0 radical (unpaired) electrons. The van der Waals surface area contributed by atoms with E-state index in [1.807, 2.05) is 6.92 Å². The van der Waals surface area contributed by atoms with E-state index in [0.717, 1.165) is 4.88 Å². The molecule has 0 N–H and O–H groups in total. The van der Waals surface area contributed by atoms with Crippen LogP contribution in [0.3, 0.4) is 0 Å². The fourth-order valence-electron chi connectivity index (χ4n) is 1.04. The van der Waals surface area contributed by atoms with Crippen LogP contribution in [0.5, 0.6) is 0 Å². The van der Waals surface area contributed by atoms with Crippen LogP contribution in [0.1, 0.15) is 21.5 Å². The van der Waals surface area contributed by atoms with E-state index >= 15 is 0 Å². The maximum Gasteiger partial charge on any atom is 0.197 e. The third-order valence-corrected chi connectivity index (χ3v) is 2.80. The Morgan fingerprint density at radius 2 is 2.14 bits per heavy atom. The first kappa shape index (κ1) is 10.6. The zero-order chi connectivity index (χ0) is 10.7. The van der Waals surface area contributed by atoms with Crippen LogP contribution in [0.15, 0.2) is 12.1 Å². The van der Waals surface area contributed by atoms with Crippen LogP contribution in [0.4, 0.5) is 0 Å². The van der Waals surface area contributed by atoms with Gasteiger partial charge in [0.1, 0.15) is 0 Å². The van der Waals surface area contributed by atoms with E-state index in [9.17, 15) is 9.59 Å². The van der Waals surface area contributed by atoms with Gasteiger partial charge in [-0.25, -0.2) is 0 Å². The van der Waals surface area contributed by atoms with Crippen molar-refractivity contribution in [2.45, 2.75) is 13.8 Å². The summed E-state index contributed by atoms with van der Waals surface area (Å²) in [5.74, 6) is -1.94. The highest BCUT2D eigenvalue weighted by atomic mass is 32.1. The maximum absolute atomic E-state index is 11.6. The Morgan fingerprint density at radius 3 is 2.50 bits per heavy atom. The van der Waals surface area contributed by atoms with E-state index in [2.05, 4.69) is 0 Å². The predicted octanol–water partition coefficient (Wildman–Crippen LogP) is 1.97. The van der Waals surface area contributed by atoms with Crippen LogP contribution in [0, 0.1) is 24.2 Å². The van der Waals surface area contributed by atoms with Crippen LogP contribution in [-0.4, -0.2) is 11.6 Å². The number of carbonyl (C=O) groups excluding carboxylic acids is 2. The molecule has 0 fully saturated rings. The van der Waals surface area contributed by atoms with Crippen LogP contribution in [-0.2, 0) is 4.79 Å². The van der Waals surface area contributed by atoms with Gasteiger partial charge in [-0.3, -0.25) is 9.59 Å². The molecule has 0 aliphatic rings. The average Bonchev–Trinajstić information content (AvgIpc) is 2.52. The van der Waals surface area contributed by atoms with Crippen LogP contribution in [0.2, 0.25) is 0 Å². The molecule has 1 aromatic heterocycles. The summed E-state index contributed by atoms with van der Waals surface area (Å²) in [6.45, 7) is 3.13. The second-order valence-corrected chi connectivity index (χ2v) is 4.24. The number of carbonyl (C=O) groups is 2. The molecule has 1 rings (SSSR count). The molecule has 0 bridgehead atoms. The predicted molar refractivity (Wildman–Crippen MR) is 53.2 cm³/mol. The van der Waals surface area contributed by atoms with Gasteiger partial charge in [0, 0.05) is 4.88 Å². The second-order valence-electron chi connectivity index (χ2n) is 2.95. The van der Waals surface area contributed by atoms with Crippen molar-refractivity contribution in [2.24, 2.45) is 5.92 Å². The molecule has 3 nitrogen and oxygen atoms in total. The topological polar surface area (TPSA) is 57.9 Å². The zero-order valence-electron chi connectivity index (χ0n) is 7.90. The quantitative estimate of drug-likeness (QED) is 0.562. The van der Waals surface area contributed by atoms with E-state index in [1.165, 1.54) is 18.3 Å². The number of Topliss-reactive ketones (excluding diaryl/α,β-unsaturated/α-hetero) is 2. The van der Waals surface area contributed by atoms with Gasteiger partial charge in [-0.1, -0.05) is 0 Å². The number of hydrogen-bond donors (Lipinski definition) is 0. The van der Waals surface area contributed by atoms with Gasteiger partial charge in [0.15, 0.2) is 17.5 Å². The zero-order valence-corrected chi connectivity index (χ0v) is 8.72. The Hall–Kier alpha value is -1.47. The smallest absolute Gasteiger partial charge is 0.197 e. The van der Waals surface area contributed by atoms with Crippen molar-refractivity contribution in [3.63, 3.8) is 0 Å². The molecule has 0 saturated carbocycles. The van der Waals surface area contributed by atoms with Crippen LogP contribution < -0.4 is 0 Å². The molecule has 0 saturated heterocycles. The van der Waals surface area contributed by atoms with Crippen LogP contribution in [0.25, 0.3) is 0 Å². The first-order chi connectivity index (χ1) is 6.56. The molecule has 0 amide bonds. The first-order valence-corrected chi connectivity index (χ1v) is 4.88. The molecular weight excluding hydrogens is 198 g/mol.